The van der Waals surface area contributed by atoms with Crippen LogP contribution < -0.4 is 10.5 Å². The lowest BCUT2D eigenvalue weighted by atomic mass is 9.98. The second-order valence-electron chi connectivity index (χ2n) is 10.8. The number of rotatable bonds is 10. The Morgan fingerprint density at radius 2 is 1.67 bits per heavy atom. The fraction of sp³-hybridized carbons (Fsp3) is 0.500. The number of ether oxygens (including phenoxy) is 2. The van der Waals surface area contributed by atoms with Gasteiger partial charge in [0.2, 0.25) is 11.8 Å². The van der Waals surface area contributed by atoms with E-state index in [9.17, 15) is 40.7 Å². The quantitative estimate of drug-likeness (QED) is 0.283. The van der Waals surface area contributed by atoms with Gasteiger partial charge in [0.15, 0.2) is 0 Å². The van der Waals surface area contributed by atoms with Gasteiger partial charge < -0.3 is 25.0 Å². The molecule has 0 unspecified atom stereocenters. The van der Waals surface area contributed by atoms with Gasteiger partial charge in [0.05, 0.1) is 24.3 Å². The first-order chi connectivity index (χ1) is 21.2. The van der Waals surface area contributed by atoms with Crippen molar-refractivity contribution < 1.29 is 50.2 Å². The summed E-state index contributed by atoms with van der Waals surface area (Å²) >= 11 is 0. The Hall–Kier alpha value is -4.01. The summed E-state index contributed by atoms with van der Waals surface area (Å²) in [4.78, 5) is 44.3. The third-order valence-corrected chi connectivity index (χ3v) is 7.66. The Morgan fingerprint density at radius 3 is 2.29 bits per heavy atom. The number of amides is 3. The molecule has 0 spiro atoms. The van der Waals surface area contributed by atoms with Gasteiger partial charge in [0.1, 0.15) is 24.6 Å². The largest absolute Gasteiger partial charge is 0.494 e. The van der Waals surface area contributed by atoms with Gasteiger partial charge in [0.25, 0.3) is 0 Å². The van der Waals surface area contributed by atoms with Crippen molar-refractivity contribution in [3.05, 3.63) is 64.7 Å². The average molecular weight is 645 g/mol. The monoisotopic (exact) mass is 644 g/mol. The molecule has 2 atom stereocenters. The summed E-state index contributed by atoms with van der Waals surface area (Å²) in [6, 6.07) is 7.14. The molecular formula is C30H34F6N4O5. The van der Waals surface area contributed by atoms with Crippen LogP contribution >= 0.6 is 0 Å². The maximum Gasteiger partial charge on any atom is 0.416 e. The highest BCUT2D eigenvalue weighted by atomic mass is 19.4. The van der Waals surface area contributed by atoms with Crippen LogP contribution in [0.3, 0.4) is 0 Å². The van der Waals surface area contributed by atoms with Crippen molar-refractivity contribution in [2.75, 3.05) is 26.2 Å². The molecule has 2 aromatic carbocycles. The van der Waals surface area contributed by atoms with E-state index in [1.54, 1.807) is 24.3 Å². The second-order valence-corrected chi connectivity index (χ2v) is 10.8. The zero-order valence-electron chi connectivity index (χ0n) is 24.5. The lowest BCUT2D eigenvalue weighted by molar-refractivity contribution is -0.169. The number of nitrogens with zero attached hydrogens (tertiary/aromatic N) is 3. The molecule has 2 aliphatic rings. The van der Waals surface area contributed by atoms with Crippen LogP contribution in [0.1, 0.15) is 54.9 Å². The molecule has 0 radical (unpaired) electrons. The highest BCUT2D eigenvalue weighted by Gasteiger charge is 2.49. The number of alkyl halides is 6. The van der Waals surface area contributed by atoms with Gasteiger partial charge in [-0.2, -0.15) is 26.3 Å². The van der Waals surface area contributed by atoms with E-state index in [0.717, 1.165) is 0 Å². The number of halogens is 6. The van der Waals surface area contributed by atoms with Crippen LogP contribution in [-0.4, -0.2) is 71.1 Å². The van der Waals surface area contributed by atoms with Gasteiger partial charge in [-0.05, 0) is 62.6 Å². The van der Waals surface area contributed by atoms with Gasteiger partial charge in [-0.15, -0.1) is 0 Å². The standard InChI is InChI=1S/C30H34F6N4O5/c1-2-44-24-9-4-3-7-20(24)16-38-17-25-39(12-10-26(41)40(25)23(27(38)42)8-5-6-11-37)28(43)45-18-19-13-21(29(31,32)33)15-22(14-19)30(34,35)36/h3-4,7,9,13-15,23,25H,2,5-6,8,10-12,16-18,37H2,1H3/t23-,25+/m0/s1. The topological polar surface area (TPSA) is 105 Å². The lowest BCUT2D eigenvalue weighted by Gasteiger charge is -2.52. The van der Waals surface area contributed by atoms with Gasteiger partial charge in [-0.25, -0.2) is 4.79 Å². The highest BCUT2D eigenvalue weighted by Crippen LogP contribution is 2.37. The first-order valence-electron chi connectivity index (χ1n) is 14.5. The molecule has 3 amide bonds. The fourth-order valence-electron chi connectivity index (χ4n) is 5.56. The molecule has 15 heteroatoms. The zero-order valence-corrected chi connectivity index (χ0v) is 24.5. The van der Waals surface area contributed by atoms with E-state index in [1.165, 1.54) is 14.7 Å². The molecule has 0 saturated carbocycles. The summed E-state index contributed by atoms with van der Waals surface area (Å²) in [6.45, 7) is 1.56. The maximum atomic E-state index is 13.7. The minimum atomic E-state index is -5.06. The summed E-state index contributed by atoms with van der Waals surface area (Å²) in [5.74, 6) is -0.135. The number of piperazine rings is 1. The van der Waals surface area contributed by atoms with Crippen LogP contribution in [-0.2, 0) is 39.8 Å². The normalized spacial score (nSPS) is 19.1. The number of hydrogen-bond donors (Lipinski definition) is 1. The fourth-order valence-corrected chi connectivity index (χ4v) is 5.56. The van der Waals surface area contributed by atoms with E-state index in [2.05, 4.69) is 0 Å². The molecule has 45 heavy (non-hydrogen) atoms. The molecule has 0 aromatic heterocycles. The minimum Gasteiger partial charge on any atom is -0.494 e. The number of carbonyl (C=O) groups excluding carboxylic acids is 3. The van der Waals surface area contributed by atoms with E-state index in [-0.39, 0.29) is 50.4 Å². The van der Waals surface area contributed by atoms with E-state index in [1.807, 2.05) is 6.92 Å². The van der Waals surface area contributed by atoms with Gasteiger partial charge in [-0.3, -0.25) is 14.5 Å². The summed E-state index contributed by atoms with van der Waals surface area (Å²) in [7, 11) is 0. The van der Waals surface area contributed by atoms with Gasteiger partial charge in [-0.1, -0.05) is 18.2 Å². The smallest absolute Gasteiger partial charge is 0.416 e. The first kappa shape index (κ1) is 33.9. The third-order valence-electron chi connectivity index (χ3n) is 7.66. The van der Waals surface area contributed by atoms with Gasteiger partial charge in [0, 0.05) is 25.1 Å². The molecule has 2 saturated heterocycles. The summed E-state index contributed by atoms with van der Waals surface area (Å²) in [5.41, 5.74) is 2.75. The number of hydrogen-bond acceptors (Lipinski definition) is 6. The Kier molecular flexibility index (Phi) is 10.5. The average Bonchev–Trinajstić information content (AvgIpc) is 2.98. The molecule has 2 heterocycles. The molecule has 0 bridgehead atoms. The van der Waals surface area contributed by atoms with Crippen molar-refractivity contribution in [1.29, 1.82) is 0 Å². The Morgan fingerprint density at radius 1 is 1.00 bits per heavy atom. The van der Waals surface area contributed by atoms with Crippen molar-refractivity contribution in [3.8, 4) is 5.75 Å². The van der Waals surface area contributed by atoms with Gasteiger partial charge >= 0.3 is 18.4 Å². The molecule has 2 aromatic rings. The SMILES string of the molecule is CCOc1ccccc1CN1C[C@@H]2N(C(=O)OCc3cc(C(F)(F)F)cc(C(F)(F)F)c3)CCC(=O)N2[C@@H](CCCCN)C1=O. The van der Waals surface area contributed by atoms with E-state index in [4.69, 9.17) is 15.2 Å². The van der Waals surface area contributed by atoms with Crippen LogP contribution in [0.5, 0.6) is 5.75 Å². The zero-order chi connectivity index (χ0) is 32.9. The first-order valence-corrected chi connectivity index (χ1v) is 14.5. The predicted octanol–water partition coefficient (Wildman–Crippen LogP) is 5.16. The molecule has 9 nitrogen and oxygen atoms in total. The maximum absolute atomic E-state index is 13.7. The van der Waals surface area contributed by atoms with Crippen LogP contribution in [0.25, 0.3) is 0 Å². The van der Waals surface area contributed by atoms with Crippen molar-refractivity contribution in [3.63, 3.8) is 0 Å². The molecule has 2 aliphatic heterocycles. The van der Waals surface area contributed by atoms with E-state index in [0.29, 0.717) is 49.4 Å². The van der Waals surface area contributed by atoms with Crippen molar-refractivity contribution >= 4 is 17.9 Å². The number of nitrogens with two attached hydrogens (primary N) is 1. The van der Waals surface area contributed by atoms with Crippen LogP contribution in [0.2, 0.25) is 0 Å². The Labute approximate surface area is 255 Å². The van der Waals surface area contributed by atoms with Crippen molar-refractivity contribution in [1.82, 2.24) is 14.7 Å². The summed E-state index contributed by atoms with van der Waals surface area (Å²) in [5, 5.41) is 0. The van der Waals surface area contributed by atoms with E-state index < -0.39 is 54.0 Å². The lowest BCUT2D eigenvalue weighted by Crippen LogP contribution is -2.71. The van der Waals surface area contributed by atoms with Crippen LogP contribution in [0.15, 0.2) is 42.5 Å². The molecule has 0 aliphatic carbocycles. The second kappa shape index (κ2) is 14.0. The summed E-state index contributed by atoms with van der Waals surface area (Å²) in [6.07, 6.45) is -10.9. The van der Waals surface area contributed by atoms with Crippen LogP contribution in [0, 0.1) is 0 Å². The number of para-hydroxylation sites is 1. The highest BCUT2D eigenvalue weighted by molar-refractivity contribution is 5.90. The number of benzene rings is 2. The molecule has 4 rings (SSSR count). The van der Waals surface area contributed by atoms with E-state index >= 15 is 0 Å². The van der Waals surface area contributed by atoms with Crippen molar-refractivity contribution in [2.24, 2.45) is 5.73 Å². The summed E-state index contributed by atoms with van der Waals surface area (Å²) < 4.78 is 90.8. The number of fused-ring (bicyclic) bond motifs is 1. The molecular weight excluding hydrogens is 610 g/mol. The molecule has 246 valence electrons. The van der Waals surface area contributed by atoms with Crippen LogP contribution in [0.4, 0.5) is 31.1 Å². The minimum absolute atomic E-state index is 0.0123. The third kappa shape index (κ3) is 7.99. The number of carbonyl (C=O) groups is 3. The predicted molar refractivity (Wildman–Crippen MR) is 148 cm³/mol. The van der Waals surface area contributed by atoms with Crippen molar-refractivity contribution in [2.45, 2.75) is 70.3 Å². The number of unbranched alkanes of at least 4 members (excludes halogenated alkanes) is 1. The molecule has 2 N–H and O–H groups in total. The Balaban J connectivity index is 1.60. The molecule has 2 fully saturated rings. The Bertz CT molecular complexity index is 1350.